The molecule has 2 aromatic heterocycles. The topological polar surface area (TPSA) is 146 Å². The largest absolute Gasteiger partial charge is 0.527 e. The summed E-state index contributed by atoms with van der Waals surface area (Å²) in [4.78, 5) is 22.3. The van der Waals surface area contributed by atoms with Crippen molar-refractivity contribution in [3.63, 3.8) is 0 Å². The number of hydrogen-bond donors (Lipinski definition) is 3. The normalized spacial score (nSPS) is 23.5. The van der Waals surface area contributed by atoms with E-state index < -0.39 is 13.6 Å². The van der Waals surface area contributed by atoms with E-state index in [-0.39, 0.29) is 42.8 Å². The van der Waals surface area contributed by atoms with Gasteiger partial charge in [-0.3, -0.25) is 9.42 Å². The number of nitrogens with two attached hydrogens (primary N) is 1. The predicted molar refractivity (Wildman–Crippen MR) is 100 cm³/mol. The Kier molecular flexibility index (Phi) is 5.22. The molecule has 12 heteroatoms. The maximum Gasteiger partial charge on any atom is 0.527 e. The number of imidazole rings is 1. The van der Waals surface area contributed by atoms with Crippen molar-refractivity contribution in [2.45, 2.75) is 12.5 Å². The van der Waals surface area contributed by atoms with Gasteiger partial charge in [0, 0.05) is 24.6 Å². The Morgan fingerprint density at radius 1 is 1.38 bits per heavy atom. The van der Waals surface area contributed by atoms with Crippen LogP contribution in [0, 0.1) is 17.7 Å². The predicted octanol–water partition coefficient (Wildman–Crippen LogP) is 1.91. The molecule has 0 saturated heterocycles. The van der Waals surface area contributed by atoms with E-state index in [9.17, 15) is 19.0 Å². The lowest BCUT2D eigenvalue weighted by molar-refractivity contribution is -0.00476. The summed E-state index contributed by atoms with van der Waals surface area (Å²) >= 11 is 0. The number of phosphoric acid groups is 1. The van der Waals surface area contributed by atoms with Crippen molar-refractivity contribution in [3.05, 3.63) is 42.6 Å². The number of phosphoric ester groups is 1. The Hall–Kier alpha value is -2.59. The van der Waals surface area contributed by atoms with Crippen molar-refractivity contribution in [3.8, 4) is 5.75 Å². The lowest BCUT2D eigenvalue weighted by Gasteiger charge is -2.44. The summed E-state index contributed by atoms with van der Waals surface area (Å²) in [5, 5.41) is 9.59. The Balaban J connectivity index is 1.48. The molecule has 4 rings (SSSR count). The van der Waals surface area contributed by atoms with Gasteiger partial charge in [0.05, 0.1) is 19.1 Å². The fraction of sp³-hybridized carbons (Fsp3) is 0.353. The molecule has 0 aliphatic heterocycles. The van der Waals surface area contributed by atoms with E-state index in [4.69, 9.17) is 14.8 Å². The van der Waals surface area contributed by atoms with E-state index in [0.29, 0.717) is 17.6 Å². The molecule has 1 unspecified atom stereocenters. The molecule has 1 aliphatic rings. The fourth-order valence-corrected chi connectivity index (χ4v) is 4.29. The molecule has 0 spiro atoms. The minimum absolute atomic E-state index is 0.102. The molecule has 2 heterocycles. The minimum atomic E-state index is -4.48. The van der Waals surface area contributed by atoms with Crippen molar-refractivity contribution in [1.82, 2.24) is 19.5 Å². The highest BCUT2D eigenvalue weighted by molar-refractivity contribution is 7.47. The van der Waals surface area contributed by atoms with Gasteiger partial charge in [0.15, 0.2) is 5.65 Å². The monoisotopic (exact) mass is 423 g/mol. The smallest absolute Gasteiger partial charge is 0.404 e. The molecule has 1 aliphatic carbocycles. The molecule has 1 saturated carbocycles. The van der Waals surface area contributed by atoms with Gasteiger partial charge in [0.1, 0.15) is 17.1 Å². The highest BCUT2D eigenvalue weighted by Gasteiger charge is 2.44. The van der Waals surface area contributed by atoms with Gasteiger partial charge < -0.3 is 19.9 Å². The van der Waals surface area contributed by atoms with Gasteiger partial charge in [-0.05, 0) is 24.5 Å². The first-order valence-corrected chi connectivity index (χ1v) is 10.3. The van der Waals surface area contributed by atoms with Crippen LogP contribution in [-0.2, 0) is 9.09 Å². The van der Waals surface area contributed by atoms with Gasteiger partial charge in [-0.15, -0.1) is 0 Å². The van der Waals surface area contributed by atoms with Crippen LogP contribution in [0.25, 0.3) is 11.2 Å². The number of anilines is 1. The Morgan fingerprint density at radius 3 is 2.97 bits per heavy atom. The van der Waals surface area contributed by atoms with Gasteiger partial charge >= 0.3 is 7.82 Å². The number of aromatic nitrogens is 4. The van der Waals surface area contributed by atoms with Crippen LogP contribution in [0.15, 0.2) is 36.8 Å². The van der Waals surface area contributed by atoms with Crippen LogP contribution in [0.4, 0.5) is 10.3 Å². The molecular weight excluding hydrogens is 404 g/mol. The lowest BCUT2D eigenvalue weighted by atomic mass is 9.70. The fourth-order valence-electron chi connectivity index (χ4n) is 3.50. The molecule has 0 bridgehead atoms. The van der Waals surface area contributed by atoms with E-state index in [1.54, 1.807) is 10.9 Å². The Morgan fingerprint density at radius 2 is 2.21 bits per heavy atom. The molecule has 3 aromatic rings. The van der Waals surface area contributed by atoms with Crippen LogP contribution in [-0.4, -0.2) is 42.7 Å². The third-order valence-corrected chi connectivity index (χ3v) is 5.93. The first-order chi connectivity index (χ1) is 13.9. The number of halogens is 1. The number of rotatable bonds is 7. The maximum atomic E-state index is 13.2. The van der Waals surface area contributed by atoms with Crippen LogP contribution in [0.1, 0.15) is 12.5 Å². The molecule has 4 N–H and O–H groups in total. The van der Waals surface area contributed by atoms with Crippen molar-refractivity contribution < 1.29 is 28.0 Å². The third kappa shape index (κ3) is 4.08. The molecule has 10 nitrogen and oxygen atoms in total. The zero-order chi connectivity index (χ0) is 20.6. The molecule has 1 aromatic carbocycles. The molecule has 0 radical (unpaired) electrons. The van der Waals surface area contributed by atoms with Crippen molar-refractivity contribution in [2.75, 3.05) is 18.9 Å². The van der Waals surface area contributed by atoms with Gasteiger partial charge in [-0.1, -0.05) is 6.07 Å². The van der Waals surface area contributed by atoms with E-state index in [2.05, 4.69) is 15.0 Å². The molecule has 1 fully saturated rings. The van der Waals surface area contributed by atoms with Crippen molar-refractivity contribution >= 4 is 24.9 Å². The molecule has 4 atom stereocenters. The van der Waals surface area contributed by atoms with E-state index in [0.717, 1.165) is 6.07 Å². The number of hydrogen-bond acceptors (Lipinski definition) is 8. The first kappa shape index (κ1) is 19.7. The van der Waals surface area contributed by atoms with E-state index >= 15 is 0 Å². The lowest BCUT2D eigenvalue weighted by Crippen LogP contribution is -2.43. The van der Waals surface area contributed by atoms with Crippen LogP contribution in [0.5, 0.6) is 5.75 Å². The molecule has 29 heavy (non-hydrogen) atoms. The molecular formula is C17H19FN5O5P. The summed E-state index contributed by atoms with van der Waals surface area (Å²) in [6.45, 7) is -0.256. The summed E-state index contributed by atoms with van der Waals surface area (Å²) in [7, 11) is -4.48. The summed E-state index contributed by atoms with van der Waals surface area (Å²) in [6.07, 6.45) is 3.71. The quantitative estimate of drug-likeness (QED) is 0.485. The third-order valence-electron chi connectivity index (χ3n) is 5.02. The standard InChI is InChI=1S/C17H19FN5O5P/c18-11-2-1-3-12(5-11)28-29(25,26)27-8-13-10(7-24)4-15(13)23-9-21-14-6-20-17(19)22-16(14)23/h1-3,5-6,9-10,13,15,24H,4,7-8H2,(H,25,26)(H2,19,20,22)/t10-,13+,15-/m1/s1. The van der Waals surface area contributed by atoms with Crippen molar-refractivity contribution in [2.24, 2.45) is 11.8 Å². The Bertz CT molecular complexity index is 1080. The second-order valence-corrected chi connectivity index (χ2v) is 8.19. The average Bonchev–Trinajstić information content (AvgIpc) is 3.03. The van der Waals surface area contributed by atoms with E-state index in [1.807, 2.05) is 0 Å². The van der Waals surface area contributed by atoms with Gasteiger partial charge in [0.25, 0.3) is 0 Å². The van der Waals surface area contributed by atoms with Gasteiger partial charge in [-0.2, -0.15) is 4.98 Å². The SMILES string of the molecule is Nc1ncc2ncn([C@@H]3C[C@H](CO)[C@@H]3COP(=O)(O)Oc3cccc(F)c3)c2n1. The second-order valence-electron chi connectivity index (χ2n) is 6.81. The number of nitrogen functional groups attached to an aromatic ring is 1. The highest BCUT2D eigenvalue weighted by atomic mass is 31.2. The first-order valence-electron chi connectivity index (χ1n) is 8.84. The summed E-state index contributed by atoms with van der Waals surface area (Å²) in [5.41, 5.74) is 6.76. The number of benzene rings is 1. The number of nitrogens with zero attached hydrogens (tertiary/aromatic N) is 4. The van der Waals surface area contributed by atoms with Gasteiger partial charge in [-0.25, -0.2) is 18.9 Å². The van der Waals surface area contributed by atoms with E-state index in [1.165, 1.54) is 24.4 Å². The summed E-state index contributed by atoms with van der Waals surface area (Å²) in [5.74, 6) is -1.04. The van der Waals surface area contributed by atoms with Crippen molar-refractivity contribution in [1.29, 1.82) is 0 Å². The summed E-state index contributed by atoms with van der Waals surface area (Å²) < 4.78 is 37.3. The highest BCUT2D eigenvalue weighted by Crippen LogP contribution is 2.50. The summed E-state index contributed by atoms with van der Waals surface area (Å²) in [6, 6.07) is 4.70. The maximum absolute atomic E-state index is 13.2. The van der Waals surface area contributed by atoms with Crippen LogP contribution in [0.2, 0.25) is 0 Å². The van der Waals surface area contributed by atoms with Crippen LogP contribution < -0.4 is 10.3 Å². The molecule has 154 valence electrons. The van der Waals surface area contributed by atoms with Gasteiger partial charge in [0.2, 0.25) is 5.95 Å². The second kappa shape index (κ2) is 7.68. The Labute approximate surface area is 164 Å². The molecule has 0 amide bonds. The number of aliphatic hydroxyl groups excluding tert-OH is 1. The van der Waals surface area contributed by atoms with Crippen LogP contribution >= 0.6 is 7.82 Å². The number of fused-ring (bicyclic) bond motifs is 1. The zero-order valence-electron chi connectivity index (χ0n) is 15.1. The number of aliphatic hydroxyl groups is 1. The minimum Gasteiger partial charge on any atom is -0.404 e. The zero-order valence-corrected chi connectivity index (χ0v) is 16.0. The van der Waals surface area contributed by atoms with Crippen LogP contribution in [0.3, 0.4) is 0 Å². The average molecular weight is 423 g/mol.